The van der Waals surface area contributed by atoms with Crippen molar-refractivity contribution in [1.82, 2.24) is 0 Å². The Morgan fingerprint density at radius 1 is 0.742 bits per heavy atom. The first-order valence-corrected chi connectivity index (χ1v) is 13.4. The van der Waals surface area contributed by atoms with E-state index in [0.29, 0.717) is 0 Å². The summed E-state index contributed by atoms with van der Waals surface area (Å²) >= 11 is 0. The van der Waals surface area contributed by atoms with Crippen LogP contribution in [0.1, 0.15) is 89.5 Å². The van der Waals surface area contributed by atoms with Gasteiger partial charge in [-0.2, -0.15) is 0 Å². The zero-order chi connectivity index (χ0) is 21.6. The molecule has 0 aliphatic heterocycles. The maximum atomic E-state index is 6.30. The van der Waals surface area contributed by atoms with Crippen LogP contribution in [0.5, 0.6) is 11.5 Å². The van der Waals surface area contributed by atoms with E-state index in [1.54, 1.807) is 0 Å². The normalized spacial score (nSPS) is 15.5. The molecule has 0 spiro atoms. The van der Waals surface area contributed by atoms with Gasteiger partial charge in [-0.15, -0.1) is 0 Å². The number of hydrogen-bond donors (Lipinski definition) is 0. The molecule has 3 nitrogen and oxygen atoms in total. The Kier molecular flexibility index (Phi) is 11.3. The lowest BCUT2D eigenvalue weighted by atomic mass is 9.98. The van der Waals surface area contributed by atoms with Gasteiger partial charge in [-0.3, -0.25) is 4.52 Å². The Bertz CT molecular complexity index is 715. The quantitative estimate of drug-likeness (QED) is 0.216. The molecule has 0 amide bonds. The number of rotatable bonds is 14. The van der Waals surface area contributed by atoms with Gasteiger partial charge in [0.2, 0.25) is 0 Å². The number of benzene rings is 2. The summed E-state index contributed by atoms with van der Waals surface area (Å²) in [5.74, 6) is 1.64. The van der Waals surface area contributed by atoms with Crippen LogP contribution in [0.15, 0.2) is 54.6 Å². The average Bonchev–Trinajstić information content (AvgIpc) is 2.80. The molecule has 0 aromatic heterocycles. The molecule has 1 aliphatic rings. The highest BCUT2D eigenvalue weighted by Crippen LogP contribution is 2.44. The maximum Gasteiger partial charge on any atom is 0.463 e. The third-order valence-corrected chi connectivity index (χ3v) is 7.05. The lowest BCUT2D eigenvalue weighted by molar-refractivity contribution is 0.138. The van der Waals surface area contributed by atoms with Crippen LogP contribution in [-0.2, 0) is 10.9 Å². The third kappa shape index (κ3) is 9.62. The molecule has 2 aromatic carbocycles. The zero-order valence-corrected chi connectivity index (χ0v) is 20.0. The van der Waals surface area contributed by atoms with Crippen molar-refractivity contribution in [3.8, 4) is 11.5 Å². The van der Waals surface area contributed by atoms with Crippen LogP contribution in [0.25, 0.3) is 0 Å². The van der Waals surface area contributed by atoms with Crippen LogP contribution in [0, 0.1) is 0 Å². The predicted molar refractivity (Wildman–Crippen MR) is 131 cm³/mol. The summed E-state index contributed by atoms with van der Waals surface area (Å²) in [5, 5.41) is 0. The Hall–Kier alpha value is -1.57. The summed E-state index contributed by atoms with van der Waals surface area (Å²) in [6.07, 6.45) is 16.6. The van der Waals surface area contributed by atoms with Crippen molar-refractivity contribution in [2.75, 3.05) is 0 Å². The fraction of sp³-hybridized carbons (Fsp3) is 0.556. The van der Waals surface area contributed by atoms with E-state index in [-0.39, 0.29) is 6.10 Å². The smallest absolute Gasteiger partial charge is 0.418 e. The monoisotopic (exact) mass is 442 g/mol. The highest BCUT2D eigenvalue weighted by molar-refractivity contribution is 7.42. The number of para-hydroxylation sites is 1. The number of hydrogen-bond acceptors (Lipinski definition) is 3. The van der Waals surface area contributed by atoms with E-state index >= 15 is 0 Å². The van der Waals surface area contributed by atoms with Crippen LogP contribution in [-0.4, -0.2) is 6.10 Å². The van der Waals surface area contributed by atoms with Gasteiger partial charge in [-0.25, -0.2) is 0 Å². The lowest BCUT2D eigenvalue weighted by Crippen LogP contribution is -2.16. The van der Waals surface area contributed by atoms with Gasteiger partial charge in [0.1, 0.15) is 11.5 Å². The lowest BCUT2D eigenvalue weighted by Gasteiger charge is -2.26. The second kappa shape index (κ2) is 14.5. The highest BCUT2D eigenvalue weighted by atomic mass is 31.2. The van der Waals surface area contributed by atoms with Crippen LogP contribution in [0.2, 0.25) is 0 Å². The van der Waals surface area contributed by atoms with Crippen molar-refractivity contribution >= 4 is 8.60 Å². The zero-order valence-electron chi connectivity index (χ0n) is 19.1. The first-order valence-electron chi connectivity index (χ1n) is 12.3. The largest absolute Gasteiger partial charge is 0.463 e. The van der Waals surface area contributed by atoms with Crippen molar-refractivity contribution < 1.29 is 13.6 Å². The minimum atomic E-state index is -1.47. The Labute approximate surface area is 190 Å². The van der Waals surface area contributed by atoms with Gasteiger partial charge >= 0.3 is 8.60 Å². The molecule has 0 bridgehead atoms. The molecule has 31 heavy (non-hydrogen) atoms. The van der Waals surface area contributed by atoms with E-state index in [4.69, 9.17) is 13.6 Å². The van der Waals surface area contributed by atoms with E-state index in [0.717, 1.165) is 30.8 Å². The minimum absolute atomic E-state index is 0.236. The molecule has 0 heterocycles. The van der Waals surface area contributed by atoms with Gasteiger partial charge in [0.25, 0.3) is 0 Å². The van der Waals surface area contributed by atoms with E-state index in [1.165, 1.54) is 69.8 Å². The Balaban J connectivity index is 1.52. The van der Waals surface area contributed by atoms with Gasteiger partial charge in [-0.05, 0) is 55.5 Å². The van der Waals surface area contributed by atoms with Crippen molar-refractivity contribution in [3.05, 3.63) is 60.2 Å². The van der Waals surface area contributed by atoms with Crippen molar-refractivity contribution in [2.45, 2.75) is 96.5 Å². The molecule has 1 unspecified atom stereocenters. The van der Waals surface area contributed by atoms with Gasteiger partial charge in [0.15, 0.2) is 0 Å². The fourth-order valence-corrected chi connectivity index (χ4v) is 5.21. The molecule has 170 valence electrons. The van der Waals surface area contributed by atoms with Gasteiger partial charge in [-0.1, -0.05) is 95.0 Å². The molecule has 4 heteroatoms. The van der Waals surface area contributed by atoms with Crippen LogP contribution in [0.4, 0.5) is 0 Å². The summed E-state index contributed by atoms with van der Waals surface area (Å²) in [6.45, 7) is 2.27. The number of unbranched alkanes of at least 4 members (excludes halogenated alkanes) is 6. The summed E-state index contributed by atoms with van der Waals surface area (Å²) in [4.78, 5) is 0. The highest BCUT2D eigenvalue weighted by Gasteiger charge is 2.24. The molecule has 0 saturated heterocycles. The molecule has 1 aliphatic carbocycles. The summed E-state index contributed by atoms with van der Waals surface area (Å²) in [5.41, 5.74) is 1.33. The molecule has 1 fully saturated rings. The van der Waals surface area contributed by atoms with Crippen LogP contribution in [0.3, 0.4) is 0 Å². The maximum absolute atomic E-state index is 6.30. The van der Waals surface area contributed by atoms with Gasteiger partial charge < -0.3 is 9.05 Å². The van der Waals surface area contributed by atoms with Crippen molar-refractivity contribution in [3.63, 3.8) is 0 Å². The second-order valence-corrected chi connectivity index (χ2v) is 9.63. The summed E-state index contributed by atoms with van der Waals surface area (Å²) < 4.78 is 18.7. The molecule has 0 N–H and O–H groups in total. The van der Waals surface area contributed by atoms with Crippen LogP contribution < -0.4 is 9.05 Å². The van der Waals surface area contributed by atoms with E-state index in [9.17, 15) is 0 Å². The Morgan fingerprint density at radius 2 is 1.42 bits per heavy atom. The Morgan fingerprint density at radius 3 is 2.19 bits per heavy atom. The van der Waals surface area contributed by atoms with E-state index in [1.807, 2.05) is 36.4 Å². The third-order valence-electron chi connectivity index (χ3n) is 5.86. The topological polar surface area (TPSA) is 27.7 Å². The van der Waals surface area contributed by atoms with Crippen molar-refractivity contribution in [2.24, 2.45) is 0 Å². The molecular weight excluding hydrogens is 403 g/mol. The second-order valence-electron chi connectivity index (χ2n) is 8.60. The van der Waals surface area contributed by atoms with Crippen LogP contribution >= 0.6 is 8.60 Å². The molecule has 3 rings (SSSR count). The fourth-order valence-electron chi connectivity index (χ4n) is 4.05. The molecular formula is C27H39O3P. The molecule has 1 atom stereocenters. The van der Waals surface area contributed by atoms with Crippen molar-refractivity contribution in [1.29, 1.82) is 0 Å². The average molecular weight is 443 g/mol. The van der Waals surface area contributed by atoms with Gasteiger partial charge in [0, 0.05) is 0 Å². The molecule has 2 aromatic rings. The first kappa shape index (κ1) is 24.1. The molecule has 0 radical (unpaired) electrons. The summed E-state index contributed by atoms with van der Waals surface area (Å²) in [6, 6.07) is 18.3. The predicted octanol–water partition coefficient (Wildman–Crippen LogP) is 9.01. The first-order chi connectivity index (χ1) is 15.3. The summed E-state index contributed by atoms with van der Waals surface area (Å²) in [7, 11) is -1.47. The molecule has 1 saturated carbocycles. The minimum Gasteiger partial charge on any atom is -0.418 e. The van der Waals surface area contributed by atoms with E-state index < -0.39 is 8.60 Å². The standard InChI is InChI=1S/C27H39O3P/c1-2-3-4-5-6-7-10-16-24-17-15-22-27(23-24)30-31(28-25-18-11-8-12-19-25)29-26-20-13-9-14-21-26/h8,11-12,15,17-19,22-23,26H,2-7,9-10,13-14,16,20-21H2,1H3. The number of aryl methyl sites for hydroxylation is 1. The van der Waals surface area contributed by atoms with E-state index in [2.05, 4.69) is 25.1 Å². The van der Waals surface area contributed by atoms with Gasteiger partial charge in [0.05, 0.1) is 6.10 Å². The SMILES string of the molecule is CCCCCCCCCc1cccc(OP(Oc2ccccc2)OC2CCCCC2)c1.